The van der Waals surface area contributed by atoms with E-state index in [1.165, 1.54) is 180 Å². The summed E-state index contributed by atoms with van der Waals surface area (Å²) in [5.74, 6) is -0.560. The van der Waals surface area contributed by atoms with Crippen molar-refractivity contribution in [3.63, 3.8) is 0 Å². The minimum absolute atomic E-state index is 0.114. The molecule has 0 aliphatic rings. The van der Waals surface area contributed by atoms with Crippen molar-refractivity contribution in [1.82, 2.24) is 0 Å². The number of hydrogen-bond donors (Lipinski definition) is 1. The lowest BCUT2D eigenvalue weighted by Gasteiger charge is -2.12. The third kappa shape index (κ3) is 42.8. The number of carbonyl (C=O) groups excluding carboxylic acids is 2. The predicted octanol–water partition coefficient (Wildman–Crippen LogP) is 14.6. The Labute approximate surface area is 323 Å². The molecule has 0 amide bonds. The number of aliphatic hydroxyl groups is 1. The molecule has 0 rings (SSSR count). The number of esters is 2. The Morgan fingerprint density at radius 1 is 0.385 bits per heavy atom. The number of unbranched alkanes of at least 4 members (excludes halogenated alkanes) is 30. The highest BCUT2D eigenvalue weighted by Crippen LogP contribution is 2.14. The molecule has 0 aliphatic heterocycles. The van der Waals surface area contributed by atoms with Gasteiger partial charge in [-0.05, 0) is 64.2 Å². The van der Waals surface area contributed by atoms with Gasteiger partial charge < -0.3 is 14.6 Å². The molecule has 0 unspecified atom stereocenters. The van der Waals surface area contributed by atoms with Gasteiger partial charge in [0.25, 0.3) is 0 Å². The zero-order valence-corrected chi connectivity index (χ0v) is 34.8. The highest BCUT2D eigenvalue weighted by molar-refractivity contribution is 5.69. The molecule has 0 radical (unpaired) electrons. The summed E-state index contributed by atoms with van der Waals surface area (Å²) in [5.41, 5.74) is 0. The SMILES string of the molecule is CCCCCCCC/C=C/CCCCCCCCCCCC(=O)OCC(O)COC(=O)CCCCCCCCCCC/C=C/CCCCCCCC. The quantitative estimate of drug-likeness (QED) is 0.0384. The summed E-state index contributed by atoms with van der Waals surface area (Å²) in [4.78, 5) is 24.0. The van der Waals surface area contributed by atoms with E-state index in [9.17, 15) is 14.7 Å². The molecule has 0 aromatic rings. The van der Waals surface area contributed by atoms with Crippen LogP contribution in [-0.4, -0.2) is 36.4 Å². The second-order valence-corrected chi connectivity index (χ2v) is 15.5. The molecule has 0 saturated heterocycles. The first-order valence-electron chi connectivity index (χ1n) is 22.9. The van der Waals surface area contributed by atoms with E-state index < -0.39 is 6.10 Å². The Balaban J connectivity index is 3.39. The van der Waals surface area contributed by atoms with Gasteiger partial charge >= 0.3 is 11.9 Å². The summed E-state index contributed by atoms with van der Waals surface area (Å²) < 4.78 is 10.4. The van der Waals surface area contributed by atoms with E-state index in [4.69, 9.17) is 9.47 Å². The standard InChI is InChI=1S/C47H88O5/c1-3-5-7-9-11-13-15-17-19-21-23-25-27-29-31-33-35-37-39-41-46(49)51-43-45(48)44-52-47(50)42-40-38-36-34-32-30-28-26-24-22-20-18-16-14-12-10-8-6-4-2/h17-20,45,48H,3-16,21-44H2,1-2H3/b19-17+,20-18+. The zero-order chi connectivity index (χ0) is 37.8. The van der Waals surface area contributed by atoms with Crippen molar-refractivity contribution < 1.29 is 24.2 Å². The summed E-state index contributed by atoms with van der Waals surface area (Å²) in [6.45, 7) is 4.32. The first-order chi connectivity index (χ1) is 25.6. The van der Waals surface area contributed by atoms with E-state index in [1.807, 2.05) is 0 Å². The summed E-state index contributed by atoms with van der Waals surface area (Å²) in [7, 11) is 0. The molecule has 0 spiro atoms. The minimum Gasteiger partial charge on any atom is -0.463 e. The van der Waals surface area contributed by atoms with Crippen LogP contribution < -0.4 is 0 Å². The van der Waals surface area contributed by atoms with E-state index in [0.717, 1.165) is 38.5 Å². The Kier molecular flexibility index (Phi) is 42.4. The van der Waals surface area contributed by atoms with Crippen LogP contribution >= 0.6 is 0 Å². The molecule has 5 nitrogen and oxygen atoms in total. The van der Waals surface area contributed by atoms with Crippen LogP contribution in [-0.2, 0) is 19.1 Å². The molecular formula is C47H88O5. The molecule has 5 heteroatoms. The number of aliphatic hydroxyl groups excluding tert-OH is 1. The Hall–Kier alpha value is -1.62. The lowest BCUT2D eigenvalue weighted by atomic mass is 10.1. The van der Waals surface area contributed by atoms with Crippen LogP contribution in [0.1, 0.15) is 245 Å². The van der Waals surface area contributed by atoms with Crippen LogP contribution in [0.5, 0.6) is 0 Å². The van der Waals surface area contributed by atoms with E-state index in [2.05, 4.69) is 38.2 Å². The molecule has 0 atom stereocenters. The summed E-state index contributed by atoms with van der Waals surface area (Å²) in [6.07, 6.45) is 52.4. The van der Waals surface area contributed by atoms with E-state index in [-0.39, 0.29) is 25.2 Å². The minimum atomic E-state index is -0.963. The van der Waals surface area contributed by atoms with E-state index in [0.29, 0.717) is 12.8 Å². The third-order valence-electron chi connectivity index (χ3n) is 10.2. The fourth-order valence-corrected chi connectivity index (χ4v) is 6.67. The second-order valence-electron chi connectivity index (χ2n) is 15.5. The van der Waals surface area contributed by atoms with Gasteiger partial charge in [0.15, 0.2) is 0 Å². The first-order valence-corrected chi connectivity index (χ1v) is 22.9. The third-order valence-corrected chi connectivity index (χ3v) is 10.2. The fourth-order valence-electron chi connectivity index (χ4n) is 6.67. The van der Waals surface area contributed by atoms with Gasteiger partial charge in [0, 0.05) is 12.8 Å². The largest absolute Gasteiger partial charge is 0.463 e. The predicted molar refractivity (Wildman–Crippen MR) is 224 cm³/mol. The van der Waals surface area contributed by atoms with Gasteiger partial charge in [-0.25, -0.2) is 0 Å². The average molecular weight is 733 g/mol. The van der Waals surface area contributed by atoms with Crippen molar-refractivity contribution in [3.05, 3.63) is 24.3 Å². The molecule has 306 valence electrons. The van der Waals surface area contributed by atoms with Crippen molar-refractivity contribution in [3.8, 4) is 0 Å². The highest BCUT2D eigenvalue weighted by atomic mass is 16.6. The highest BCUT2D eigenvalue weighted by Gasteiger charge is 2.12. The summed E-state index contributed by atoms with van der Waals surface area (Å²) in [6, 6.07) is 0. The normalized spacial score (nSPS) is 11.8. The number of ether oxygens (including phenoxy) is 2. The molecular weight excluding hydrogens is 645 g/mol. The van der Waals surface area contributed by atoms with Crippen LogP contribution in [0.3, 0.4) is 0 Å². The Bertz CT molecular complexity index is 727. The molecule has 0 aliphatic carbocycles. The molecule has 0 aromatic carbocycles. The lowest BCUT2D eigenvalue weighted by Crippen LogP contribution is -2.25. The van der Waals surface area contributed by atoms with Crippen molar-refractivity contribution in [1.29, 1.82) is 0 Å². The van der Waals surface area contributed by atoms with Crippen molar-refractivity contribution in [2.24, 2.45) is 0 Å². The number of hydrogen-bond acceptors (Lipinski definition) is 5. The van der Waals surface area contributed by atoms with Gasteiger partial charge in [-0.1, -0.05) is 192 Å². The van der Waals surface area contributed by atoms with Crippen LogP contribution in [0.15, 0.2) is 24.3 Å². The zero-order valence-electron chi connectivity index (χ0n) is 34.8. The maximum absolute atomic E-state index is 12.0. The molecule has 0 fully saturated rings. The molecule has 0 aromatic heterocycles. The lowest BCUT2D eigenvalue weighted by molar-refractivity contribution is -0.152. The van der Waals surface area contributed by atoms with Crippen molar-refractivity contribution >= 4 is 11.9 Å². The molecule has 0 saturated carbocycles. The van der Waals surface area contributed by atoms with Gasteiger partial charge in [0.05, 0.1) is 0 Å². The van der Waals surface area contributed by atoms with Crippen LogP contribution in [0, 0.1) is 0 Å². The monoisotopic (exact) mass is 733 g/mol. The maximum atomic E-state index is 12.0. The van der Waals surface area contributed by atoms with Gasteiger partial charge in [0.1, 0.15) is 19.3 Å². The number of allylic oxidation sites excluding steroid dienone is 4. The molecule has 0 bridgehead atoms. The molecule has 1 N–H and O–H groups in total. The maximum Gasteiger partial charge on any atom is 0.305 e. The number of rotatable bonds is 42. The van der Waals surface area contributed by atoms with Gasteiger partial charge in [-0.15, -0.1) is 0 Å². The van der Waals surface area contributed by atoms with Gasteiger partial charge in [-0.3, -0.25) is 9.59 Å². The summed E-state index contributed by atoms with van der Waals surface area (Å²) in [5, 5.41) is 10.1. The van der Waals surface area contributed by atoms with E-state index in [1.54, 1.807) is 0 Å². The van der Waals surface area contributed by atoms with Gasteiger partial charge in [0.2, 0.25) is 0 Å². The van der Waals surface area contributed by atoms with Crippen LogP contribution in [0.4, 0.5) is 0 Å². The van der Waals surface area contributed by atoms with Crippen LogP contribution in [0.2, 0.25) is 0 Å². The van der Waals surface area contributed by atoms with Gasteiger partial charge in [-0.2, -0.15) is 0 Å². The number of carbonyl (C=O) groups is 2. The average Bonchev–Trinajstić information content (AvgIpc) is 3.15. The Morgan fingerprint density at radius 2 is 0.615 bits per heavy atom. The second kappa shape index (κ2) is 43.8. The summed E-state index contributed by atoms with van der Waals surface area (Å²) >= 11 is 0. The van der Waals surface area contributed by atoms with Crippen LogP contribution in [0.25, 0.3) is 0 Å². The smallest absolute Gasteiger partial charge is 0.305 e. The molecule has 0 heterocycles. The van der Waals surface area contributed by atoms with Crippen molar-refractivity contribution in [2.75, 3.05) is 13.2 Å². The molecule has 52 heavy (non-hydrogen) atoms. The topological polar surface area (TPSA) is 72.8 Å². The first kappa shape index (κ1) is 50.4. The van der Waals surface area contributed by atoms with E-state index >= 15 is 0 Å². The fraction of sp³-hybridized carbons (Fsp3) is 0.872. The van der Waals surface area contributed by atoms with Crippen molar-refractivity contribution in [2.45, 2.75) is 251 Å². The Morgan fingerprint density at radius 3 is 0.885 bits per heavy atom.